The van der Waals surface area contributed by atoms with Crippen LogP contribution in [0.5, 0.6) is 0 Å². The Morgan fingerprint density at radius 1 is 1.08 bits per heavy atom. The van der Waals surface area contributed by atoms with Crippen LogP contribution in [0.15, 0.2) is 36.4 Å². The second-order valence-electron chi connectivity index (χ2n) is 11.0. The van der Waals surface area contributed by atoms with Gasteiger partial charge in [0.15, 0.2) is 0 Å². The van der Waals surface area contributed by atoms with E-state index in [-0.39, 0.29) is 23.3 Å². The summed E-state index contributed by atoms with van der Waals surface area (Å²) in [7, 11) is 1.31. The normalized spacial score (nSPS) is 23.1. The van der Waals surface area contributed by atoms with Crippen LogP contribution in [-0.4, -0.2) is 54.0 Å². The zero-order valence-electron chi connectivity index (χ0n) is 22.2. The lowest BCUT2D eigenvalue weighted by Gasteiger charge is -2.61. The van der Waals surface area contributed by atoms with Crippen molar-refractivity contribution >= 4 is 29.4 Å². The van der Waals surface area contributed by atoms with Gasteiger partial charge in [-0.2, -0.15) is 0 Å². The molecule has 1 aliphatic carbocycles. The molecule has 3 atom stereocenters. The summed E-state index contributed by atoms with van der Waals surface area (Å²) in [5.74, 6) is -1.25. The Morgan fingerprint density at radius 2 is 1.78 bits per heavy atom. The molecule has 1 aliphatic heterocycles. The second kappa shape index (κ2) is 9.76. The molecule has 2 aliphatic rings. The summed E-state index contributed by atoms with van der Waals surface area (Å²) < 4.78 is 4.91. The molecule has 8 heteroatoms. The van der Waals surface area contributed by atoms with Gasteiger partial charge in [0.1, 0.15) is 11.6 Å². The second-order valence-corrected chi connectivity index (χ2v) is 11.5. The number of benzene rings is 2. The first-order valence-corrected chi connectivity index (χ1v) is 13.1. The van der Waals surface area contributed by atoms with Crippen LogP contribution in [0.3, 0.4) is 0 Å². The minimum absolute atomic E-state index is 0.0711. The van der Waals surface area contributed by atoms with Crippen molar-refractivity contribution in [2.75, 3.05) is 20.2 Å². The average Bonchev–Trinajstić information content (AvgIpc) is 2.86. The largest absolute Gasteiger partial charge is 0.465 e. The number of nitrogens with one attached hydrogen (secondary N) is 1. The predicted molar refractivity (Wildman–Crippen MR) is 142 cm³/mol. The van der Waals surface area contributed by atoms with E-state index in [9.17, 15) is 19.5 Å². The molecule has 7 nitrogen and oxygen atoms in total. The molecule has 198 valence electrons. The molecule has 0 aromatic heterocycles. The Balaban J connectivity index is 1.56. The first-order valence-electron chi connectivity index (χ1n) is 12.7. The number of nitrogens with zero attached hydrogens (tertiary/aromatic N) is 1. The molecule has 2 aromatic rings. The van der Waals surface area contributed by atoms with Crippen molar-refractivity contribution in [1.82, 2.24) is 10.2 Å². The zero-order valence-corrected chi connectivity index (χ0v) is 23.0. The van der Waals surface area contributed by atoms with E-state index in [1.807, 2.05) is 46.8 Å². The number of esters is 1. The highest BCUT2D eigenvalue weighted by molar-refractivity contribution is 6.30. The number of carbonyl (C=O) groups is 3. The molecule has 1 heterocycles. The number of carbonyl (C=O) groups excluding carboxylic acids is 3. The van der Waals surface area contributed by atoms with Gasteiger partial charge in [-0.25, -0.2) is 4.79 Å². The van der Waals surface area contributed by atoms with Gasteiger partial charge >= 0.3 is 5.97 Å². The predicted octanol–water partition coefficient (Wildman–Crippen LogP) is 4.40. The zero-order chi connectivity index (χ0) is 27.3. The fourth-order valence-electron chi connectivity index (χ4n) is 5.79. The van der Waals surface area contributed by atoms with Crippen LogP contribution in [0.2, 0.25) is 5.02 Å². The van der Waals surface area contributed by atoms with Crippen molar-refractivity contribution in [2.45, 2.75) is 64.0 Å². The van der Waals surface area contributed by atoms with E-state index in [1.54, 1.807) is 23.1 Å². The minimum Gasteiger partial charge on any atom is -0.465 e. The van der Waals surface area contributed by atoms with Crippen molar-refractivity contribution < 1.29 is 24.2 Å². The monoisotopic (exact) mass is 526 g/mol. The first-order chi connectivity index (χ1) is 17.3. The highest BCUT2D eigenvalue weighted by Gasteiger charge is 2.62. The van der Waals surface area contributed by atoms with Crippen LogP contribution in [0.1, 0.15) is 84.4 Å². The Morgan fingerprint density at radius 3 is 2.41 bits per heavy atom. The third kappa shape index (κ3) is 4.42. The topological polar surface area (TPSA) is 95.9 Å². The number of fused-ring (bicyclic) bond motifs is 4. The molecule has 0 radical (unpaired) electrons. The number of aliphatic hydroxyl groups is 1. The number of likely N-dealkylation sites (tertiary alicyclic amines) is 1. The molecule has 1 saturated heterocycles. The lowest BCUT2D eigenvalue weighted by molar-refractivity contribution is -0.153. The summed E-state index contributed by atoms with van der Waals surface area (Å²) in [6.07, 6.45) is 0.405. The van der Waals surface area contributed by atoms with Crippen molar-refractivity contribution in [1.29, 1.82) is 0 Å². The van der Waals surface area contributed by atoms with Crippen LogP contribution in [0.4, 0.5) is 0 Å². The van der Waals surface area contributed by atoms with Crippen LogP contribution in [0, 0.1) is 5.92 Å². The van der Waals surface area contributed by atoms with Crippen molar-refractivity contribution in [2.24, 2.45) is 5.92 Å². The minimum atomic E-state index is -1.01. The van der Waals surface area contributed by atoms with E-state index in [0.29, 0.717) is 30.1 Å². The van der Waals surface area contributed by atoms with E-state index in [0.717, 1.165) is 16.7 Å². The van der Waals surface area contributed by atoms with Gasteiger partial charge in [-0.1, -0.05) is 58.4 Å². The van der Waals surface area contributed by atoms with Crippen LogP contribution in [-0.2, 0) is 20.5 Å². The average molecular weight is 527 g/mol. The Bertz CT molecular complexity index is 1260. The van der Waals surface area contributed by atoms with Gasteiger partial charge in [-0.15, -0.1) is 0 Å². The molecule has 2 aromatic carbocycles. The van der Waals surface area contributed by atoms with Gasteiger partial charge in [0.05, 0.1) is 12.7 Å². The van der Waals surface area contributed by atoms with E-state index in [4.69, 9.17) is 16.3 Å². The van der Waals surface area contributed by atoms with Gasteiger partial charge < -0.3 is 20.1 Å². The number of halogens is 1. The van der Waals surface area contributed by atoms with Crippen molar-refractivity contribution in [3.05, 3.63) is 69.2 Å². The number of methoxy groups -OCH3 is 1. The molecule has 0 saturated carbocycles. The van der Waals surface area contributed by atoms with Gasteiger partial charge in [0.2, 0.25) is 5.91 Å². The summed E-state index contributed by atoms with van der Waals surface area (Å²) in [4.78, 5) is 41.0. The molecule has 1 unspecified atom stereocenters. The number of amides is 2. The van der Waals surface area contributed by atoms with Gasteiger partial charge in [-0.05, 0) is 59.2 Å². The summed E-state index contributed by atoms with van der Waals surface area (Å²) in [5.41, 5.74) is 1.57. The summed E-state index contributed by atoms with van der Waals surface area (Å²) in [6.45, 7) is 10.3. The van der Waals surface area contributed by atoms with Crippen molar-refractivity contribution in [3.8, 4) is 0 Å². The van der Waals surface area contributed by atoms with Crippen molar-refractivity contribution in [3.63, 3.8) is 0 Å². The maximum atomic E-state index is 13.7. The van der Waals surface area contributed by atoms with Gasteiger partial charge in [0, 0.05) is 29.1 Å². The first kappa shape index (κ1) is 27.1. The number of ether oxygens (including phenoxy) is 1. The third-order valence-corrected chi connectivity index (χ3v) is 8.29. The lowest BCUT2D eigenvalue weighted by atomic mass is 9.51. The summed E-state index contributed by atoms with van der Waals surface area (Å²) in [5, 5.41) is 14.9. The van der Waals surface area contributed by atoms with Gasteiger partial charge in [0.25, 0.3) is 5.91 Å². The van der Waals surface area contributed by atoms with Crippen LogP contribution < -0.4 is 5.32 Å². The molecule has 2 N–H and O–H groups in total. The number of piperidine rings is 1. The molecule has 2 amide bonds. The molecular weight excluding hydrogens is 492 g/mol. The molecule has 4 rings (SSSR count). The molecule has 1 fully saturated rings. The Kier molecular flexibility index (Phi) is 7.16. The fraction of sp³-hybridized carbons (Fsp3) is 0.483. The van der Waals surface area contributed by atoms with E-state index >= 15 is 0 Å². The summed E-state index contributed by atoms with van der Waals surface area (Å²) in [6, 6.07) is 9.67. The lowest BCUT2D eigenvalue weighted by Crippen LogP contribution is -2.68. The van der Waals surface area contributed by atoms with E-state index < -0.39 is 28.9 Å². The smallest absolute Gasteiger partial charge is 0.338 e. The summed E-state index contributed by atoms with van der Waals surface area (Å²) >= 11 is 6.22. The molecule has 0 spiro atoms. The highest BCUT2D eigenvalue weighted by Crippen LogP contribution is 2.59. The Labute approximate surface area is 223 Å². The molecule has 37 heavy (non-hydrogen) atoms. The quantitative estimate of drug-likeness (QED) is 0.544. The fourth-order valence-corrected chi connectivity index (χ4v) is 5.96. The maximum absolute atomic E-state index is 13.7. The van der Waals surface area contributed by atoms with E-state index in [2.05, 4.69) is 5.32 Å². The Hall–Kier alpha value is -2.90. The molecular formula is C29H35ClN2O5. The number of rotatable bonds is 6. The third-order valence-electron chi connectivity index (χ3n) is 8.06. The SMILES string of the molecule is COC(=O)c1cc(C(=O)N[C@@H](C(=O)N2CC[C@]3(O)c4ccc(Cl)cc4C3(C)C2)C(C)C)ccc1C(C)C. The van der Waals surface area contributed by atoms with Crippen LogP contribution in [0.25, 0.3) is 0 Å². The standard InChI is InChI=1S/C29H35ClN2O5/c1-16(2)20-9-7-18(13-21(20)27(35)37-6)25(33)31-24(17(3)4)26(34)32-12-11-29(36)22-10-8-19(30)14-23(22)28(29,5)15-32/h7-10,13-14,16-17,24,36H,11-12,15H2,1-6H3,(H,31,33)/t24-,28?,29+/m1/s1. The number of hydrogen-bond donors (Lipinski definition) is 2. The van der Waals surface area contributed by atoms with Gasteiger partial charge in [-0.3, -0.25) is 9.59 Å². The highest BCUT2D eigenvalue weighted by atomic mass is 35.5. The van der Waals surface area contributed by atoms with E-state index in [1.165, 1.54) is 13.2 Å². The van der Waals surface area contributed by atoms with Crippen LogP contribution >= 0.6 is 11.6 Å². The number of hydrogen-bond acceptors (Lipinski definition) is 5. The maximum Gasteiger partial charge on any atom is 0.338 e. The molecule has 0 bridgehead atoms.